The van der Waals surface area contributed by atoms with Gasteiger partial charge in [-0.15, -0.1) is 0 Å². The second-order valence-electron chi connectivity index (χ2n) is 8.88. The number of hydrogen-bond acceptors (Lipinski definition) is 4. The number of nitrogens with two attached hydrogens (primary N) is 1. The van der Waals surface area contributed by atoms with E-state index in [-0.39, 0.29) is 18.1 Å². The molecule has 4 aromatic rings. The van der Waals surface area contributed by atoms with Gasteiger partial charge in [-0.25, -0.2) is 12.8 Å². The van der Waals surface area contributed by atoms with Gasteiger partial charge in [0.25, 0.3) is 0 Å². The molecule has 0 radical (unpaired) electrons. The molecule has 1 fully saturated rings. The molecule has 3 aromatic carbocycles. The van der Waals surface area contributed by atoms with Gasteiger partial charge in [-0.05, 0) is 52.6 Å². The molecule has 37 heavy (non-hydrogen) atoms. The number of rotatable bonds is 7. The summed E-state index contributed by atoms with van der Waals surface area (Å²) in [6.45, 7) is 1.82. The van der Waals surface area contributed by atoms with Crippen LogP contribution in [0.1, 0.15) is 5.56 Å². The maximum Gasteiger partial charge on any atom is 0.217 e. The van der Waals surface area contributed by atoms with Crippen molar-refractivity contribution in [3.8, 4) is 22.4 Å². The number of morpholine rings is 1. The highest BCUT2D eigenvalue weighted by Crippen LogP contribution is 2.34. The molecule has 0 amide bonds. The quantitative estimate of drug-likeness (QED) is 0.333. The lowest BCUT2D eigenvalue weighted by molar-refractivity contribution is 0.0732. The van der Waals surface area contributed by atoms with Crippen molar-refractivity contribution in [2.24, 2.45) is 5.73 Å². The molecule has 0 unspecified atom stereocenters. The monoisotopic (exact) mass is 539 g/mol. The third-order valence-corrected chi connectivity index (χ3v) is 8.62. The average molecular weight is 540 g/mol. The van der Waals surface area contributed by atoms with Crippen LogP contribution in [0, 0.1) is 5.82 Å². The van der Waals surface area contributed by atoms with Crippen molar-refractivity contribution < 1.29 is 17.5 Å². The Bertz CT molecular complexity index is 1540. The molecule has 3 N–H and O–H groups in total. The number of benzene rings is 3. The van der Waals surface area contributed by atoms with Crippen LogP contribution in [0.15, 0.2) is 72.8 Å². The van der Waals surface area contributed by atoms with E-state index in [0.717, 1.165) is 33.2 Å². The minimum absolute atomic E-state index is 0.0974. The number of fused-ring (bicyclic) bond motifs is 1. The first-order valence-electron chi connectivity index (χ1n) is 12.0. The highest BCUT2D eigenvalue weighted by molar-refractivity contribution is 7.89. The number of nitrogens with one attached hydrogen (secondary N) is 1. The van der Waals surface area contributed by atoms with Crippen molar-refractivity contribution in [3.63, 3.8) is 0 Å². The number of hydrogen-bond donors (Lipinski definition) is 2. The third-order valence-electron chi connectivity index (χ3n) is 6.57. The molecule has 1 aliphatic rings. The first-order chi connectivity index (χ1) is 17.9. The zero-order chi connectivity index (χ0) is 26.0. The van der Waals surface area contributed by atoms with Gasteiger partial charge >= 0.3 is 0 Å². The molecular weight excluding hydrogens is 513 g/mol. The van der Waals surface area contributed by atoms with Gasteiger partial charge in [0.1, 0.15) is 5.82 Å². The maximum atomic E-state index is 14.4. The van der Waals surface area contributed by atoms with E-state index in [1.54, 1.807) is 18.2 Å². The van der Waals surface area contributed by atoms with Crippen molar-refractivity contribution in [2.75, 3.05) is 38.6 Å². The van der Waals surface area contributed by atoms with Crippen molar-refractivity contribution in [2.45, 2.75) is 0 Å². The zero-order valence-corrected chi connectivity index (χ0v) is 21.7. The number of aromatic amines is 1. The van der Waals surface area contributed by atoms with Gasteiger partial charge in [0.2, 0.25) is 10.0 Å². The van der Waals surface area contributed by atoms with Gasteiger partial charge in [-0.1, -0.05) is 54.1 Å². The number of halogens is 2. The Hall–Kier alpha value is -3.01. The van der Waals surface area contributed by atoms with Crippen molar-refractivity contribution >= 4 is 38.1 Å². The van der Waals surface area contributed by atoms with Crippen LogP contribution in [0.2, 0.25) is 5.02 Å². The fourth-order valence-electron chi connectivity index (χ4n) is 4.53. The van der Waals surface area contributed by atoms with E-state index in [4.69, 9.17) is 22.1 Å². The maximum absolute atomic E-state index is 14.4. The molecule has 0 aliphatic carbocycles. The summed E-state index contributed by atoms with van der Waals surface area (Å²) < 4.78 is 46.4. The molecule has 9 heteroatoms. The van der Waals surface area contributed by atoms with E-state index < -0.39 is 10.0 Å². The Kier molecular flexibility index (Phi) is 7.46. The number of sulfonamides is 1. The average Bonchev–Trinajstić information content (AvgIpc) is 3.32. The summed E-state index contributed by atoms with van der Waals surface area (Å²) in [6.07, 6.45) is 1.70. The summed E-state index contributed by atoms with van der Waals surface area (Å²) >= 11 is 6.24. The van der Waals surface area contributed by atoms with Crippen molar-refractivity contribution in [1.29, 1.82) is 0 Å². The molecular formula is C28H27ClFN3O3S. The smallest absolute Gasteiger partial charge is 0.217 e. The Morgan fingerprint density at radius 1 is 1.05 bits per heavy atom. The fraction of sp³-hybridized carbons (Fsp3) is 0.214. The molecule has 5 rings (SSSR count). The van der Waals surface area contributed by atoms with Crippen LogP contribution in [0.25, 0.3) is 38.9 Å². The summed E-state index contributed by atoms with van der Waals surface area (Å²) in [4.78, 5) is 3.25. The van der Waals surface area contributed by atoms with Gasteiger partial charge in [0.05, 0.1) is 35.2 Å². The van der Waals surface area contributed by atoms with E-state index in [0.29, 0.717) is 42.6 Å². The van der Waals surface area contributed by atoms with Crippen LogP contribution < -0.4 is 5.73 Å². The van der Waals surface area contributed by atoms with Crippen LogP contribution in [-0.2, 0) is 14.8 Å². The lowest BCUT2D eigenvalue weighted by atomic mass is 9.99. The lowest BCUT2D eigenvalue weighted by Crippen LogP contribution is -2.41. The molecule has 1 aliphatic heterocycles. The van der Waals surface area contributed by atoms with Crippen LogP contribution >= 0.6 is 11.6 Å². The van der Waals surface area contributed by atoms with E-state index in [1.807, 2.05) is 48.5 Å². The standard InChI is InChI=1S/C28H27ClFN3O3S/c29-24-2-1-3-25(30)28(24)27-17-23-16-21(8-9-26(23)32-27)19-4-6-20(7-5-19)22(18-31)10-15-37(34,35)33-11-13-36-14-12-33/h1-10,16-17,32H,11-15,18,31H2. The largest absolute Gasteiger partial charge is 0.379 e. The van der Waals surface area contributed by atoms with E-state index in [2.05, 4.69) is 4.98 Å². The number of H-pyrrole nitrogens is 1. The lowest BCUT2D eigenvalue weighted by Gasteiger charge is -2.25. The summed E-state index contributed by atoms with van der Waals surface area (Å²) in [5, 5.41) is 1.29. The van der Waals surface area contributed by atoms with Gasteiger partial charge in [-0.2, -0.15) is 4.31 Å². The molecule has 0 saturated carbocycles. The van der Waals surface area contributed by atoms with E-state index in [9.17, 15) is 12.8 Å². The van der Waals surface area contributed by atoms with Crippen molar-refractivity contribution in [1.82, 2.24) is 9.29 Å². The van der Waals surface area contributed by atoms with Gasteiger partial charge < -0.3 is 15.5 Å². The second kappa shape index (κ2) is 10.8. The molecule has 0 spiro atoms. The molecule has 0 bridgehead atoms. The number of ether oxygens (including phenoxy) is 1. The number of nitrogens with zero attached hydrogens (tertiary/aromatic N) is 1. The summed E-state index contributed by atoms with van der Waals surface area (Å²) in [5.41, 5.74) is 11.5. The summed E-state index contributed by atoms with van der Waals surface area (Å²) in [7, 11) is -3.41. The van der Waals surface area contributed by atoms with Crippen LogP contribution in [0.3, 0.4) is 0 Å². The summed E-state index contributed by atoms with van der Waals surface area (Å²) in [5.74, 6) is -0.476. The molecule has 2 heterocycles. The minimum atomic E-state index is -3.41. The summed E-state index contributed by atoms with van der Waals surface area (Å²) in [6, 6.07) is 20.4. The SMILES string of the molecule is NCC(=CCS(=O)(=O)N1CCOCC1)c1ccc(-c2ccc3[nH]c(-c4c(F)cccc4Cl)cc3c2)cc1. The van der Waals surface area contributed by atoms with Crippen LogP contribution in [0.4, 0.5) is 4.39 Å². The first kappa shape index (κ1) is 25.6. The van der Waals surface area contributed by atoms with Crippen LogP contribution in [0.5, 0.6) is 0 Å². The van der Waals surface area contributed by atoms with E-state index in [1.165, 1.54) is 10.4 Å². The molecule has 0 atom stereocenters. The molecule has 6 nitrogen and oxygen atoms in total. The van der Waals surface area contributed by atoms with Gasteiger partial charge in [0.15, 0.2) is 0 Å². The Balaban J connectivity index is 1.37. The number of aromatic nitrogens is 1. The Labute approximate surface area is 220 Å². The molecule has 1 aromatic heterocycles. The highest BCUT2D eigenvalue weighted by Gasteiger charge is 2.23. The van der Waals surface area contributed by atoms with Gasteiger partial charge in [0, 0.05) is 30.5 Å². The minimum Gasteiger partial charge on any atom is -0.379 e. The molecule has 1 saturated heterocycles. The van der Waals surface area contributed by atoms with Crippen LogP contribution in [-0.4, -0.2) is 56.3 Å². The highest BCUT2D eigenvalue weighted by atomic mass is 35.5. The van der Waals surface area contributed by atoms with Gasteiger partial charge in [-0.3, -0.25) is 0 Å². The fourth-order valence-corrected chi connectivity index (χ4v) is 6.13. The predicted octanol–water partition coefficient (Wildman–Crippen LogP) is 5.30. The van der Waals surface area contributed by atoms with Crippen molar-refractivity contribution in [3.05, 3.63) is 89.2 Å². The third kappa shape index (κ3) is 5.49. The second-order valence-corrected chi connectivity index (χ2v) is 11.3. The Morgan fingerprint density at radius 3 is 2.49 bits per heavy atom. The first-order valence-corrected chi connectivity index (χ1v) is 14.0. The zero-order valence-electron chi connectivity index (χ0n) is 20.1. The normalized spacial score (nSPS) is 15.4. The topological polar surface area (TPSA) is 88.4 Å². The Morgan fingerprint density at radius 2 is 1.78 bits per heavy atom. The van der Waals surface area contributed by atoms with E-state index >= 15 is 0 Å². The predicted molar refractivity (Wildman–Crippen MR) is 147 cm³/mol. The molecule has 192 valence electrons.